The fourth-order valence-corrected chi connectivity index (χ4v) is 2.07. The van der Waals surface area contributed by atoms with E-state index in [1.165, 1.54) is 12.0 Å². The first-order valence-corrected chi connectivity index (χ1v) is 7.94. The third kappa shape index (κ3) is 6.60. The Balaban J connectivity index is 0.00000264. The van der Waals surface area contributed by atoms with Gasteiger partial charge >= 0.3 is 0 Å². The molecule has 5 nitrogen and oxygen atoms in total. The molecule has 126 valence electrons. The van der Waals surface area contributed by atoms with Crippen LogP contribution in [0.15, 0.2) is 47.7 Å². The van der Waals surface area contributed by atoms with E-state index in [9.17, 15) is 0 Å². The van der Waals surface area contributed by atoms with Crippen molar-refractivity contribution in [3.8, 4) is 5.69 Å². The summed E-state index contributed by atoms with van der Waals surface area (Å²) in [5.41, 5.74) is 2.24. The summed E-state index contributed by atoms with van der Waals surface area (Å²) in [7, 11) is 0. The summed E-state index contributed by atoms with van der Waals surface area (Å²) in [6.45, 7) is 6.76. The lowest BCUT2D eigenvalue weighted by molar-refractivity contribution is 0.730. The van der Waals surface area contributed by atoms with Crippen molar-refractivity contribution in [2.75, 3.05) is 13.1 Å². The normalized spacial score (nSPS) is 11.0. The molecule has 0 fully saturated rings. The Morgan fingerprint density at radius 3 is 2.57 bits per heavy atom. The van der Waals surface area contributed by atoms with E-state index in [0.29, 0.717) is 6.54 Å². The zero-order valence-corrected chi connectivity index (χ0v) is 16.2. The number of aromatic nitrogens is 2. The molecule has 1 heterocycles. The molecule has 0 amide bonds. The Hall–Kier alpha value is -1.57. The highest BCUT2D eigenvalue weighted by Crippen LogP contribution is 2.09. The van der Waals surface area contributed by atoms with Crippen LogP contribution in [-0.4, -0.2) is 28.8 Å². The molecule has 1 aromatic heterocycles. The number of halogens is 1. The number of nitrogens with one attached hydrogen (secondary N) is 2. The summed E-state index contributed by atoms with van der Waals surface area (Å²) in [5.74, 6) is 0.882. The van der Waals surface area contributed by atoms with Crippen molar-refractivity contribution in [2.24, 2.45) is 4.99 Å². The number of nitrogens with zero attached hydrogens (tertiary/aromatic N) is 3. The van der Waals surface area contributed by atoms with E-state index in [1.54, 1.807) is 6.20 Å². The van der Waals surface area contributed by atoms with Gasteiger partial charge in [-0.3, -0.25) is 0 Å². The van der Waals surface area contributed by atoms with E-state index in [-0.39, 0.29) is 24.0 Å². The molecule has 6 heteroatoms. The van der Waals surface area contributed by atoms with Crippen molar-refractivity contribution in [2.45, 2.75) is 33.2 Å². The van der Waals surface area contributed by atoms with E-state index in [0.717, 1.165) is 31.2 Å². The number of benzene rings is 1. The summed E-state index contributed by atoms with van der Waals surface area (Å²) < 4.78 is 1.85. The molecule has 2 aromatic rings. The zero-order valence-electron chi connectivity index (χ0n) is 13.8. The van der Waals surface area contributed by atoms with E-state index < -0.39 is 0 Å². The number of aliphatic imine (C=N–C) groups is 1. The molecule has 0 unspecified atom stereocenters. The summed E-state index contributed by atoms with van der Waals surface area (Å²) in [4.78, 5) is 4.62. The number of hydrogen-bond donors (Lipinski definition) is 2. The summed E-state index contributed by atoms with van der Waals surface area (Å²) >= 11 is 0. The van der Waals surface area contributed by atoms with Gasteiger partial charge in [0, 0.05) is 25.5 Å². The monoisotopic (exact) mass is 427 g/mol. The van der Waals surface area contributed by atoms with Crippen molar-refractivity contribution in [3.05, 3.63) is 48.3 Å². The van der Waals surface area contributed by atoms with Crippen LogP contribution in [0.25, 0.3) is 5.69 Å². The molecule has 0 radical (unpaired) electrons. The largest absolute Gasteiger partial charge is 0.357 e. The van der Waals surface area contributed by atoms with Crippen LogP contribution in [-0.2, 0) is 6.54 Å². The van der Waals surface area contributed by atoms with Gasteiger partial charge in [-0.2, -0.15) is 5.10 Å². The molecule has 0 aliphatic rings. The van der Waals surface area contributed by atoms with Crippen molar-refractivity contribution in [1.82, 2.24) is 20.4 Å². The molecule has 0 saturated heterocycles. The van der Waals surface area contributed by atoms with Crippen LogP contribution < -0.4 is 10.6 Å². The van der Waals surface area contributed by atoms with E-state index in [2.05, 4.69) is 58.8 Å². The van der Waals surface area contributed by atoms with Gasteiger partial charge in [0.1, 0.15) is 0 Å². The Labute approximate surface area is 155 Å². The van der Waals surface area contributed by atoms with Crippen LogP contribution in [0.3, 0.4) is 0 Å². The van der Waals surface area contributed by atoms with Gasteiger partial charge in [-0.1, -0.05) is 25.5 Å². The molecule has 2 rings (SSSR count). The summed E-state index contributed by atoms with van der Waals surface area (Å²) in [6, 6.07) is 10.2. The van der Waals surface area contributed by atoms with Crippen LogP contribution in [0.1, 0.15) is 32.3 Å². The van der Waals surface area contributed by atoms with Gasteiger partial charge in [0.25, 0.3) is 0 Å². The molecule has 0 saturated carbocycles. The molecule has 0 atom stereocenters. The Kier molecular flexibility index (Phi) is 9.35. The topological polar surface area (TPSA) is 54.2 Å². The molecule has 0 spiro atoms. The second kappa shape index (κ2) is 11.0. The minimum absolute atomic E-state index is 0. The highest BCUT2D eigenvalue weighted by molar-refractivity contribution is 14.0. The minimum atomic E-state index is 0. The van der Waals surface area contributed by atoms with E-state index in [4.69, 9.17) is 0 Å². The summed E-state index contributed by atoms with van der Waals surface area (Å²) in [6.07, 6.45) is 6.06. The van der Waals surface area contributed by atoms with Gasteiger partial charge in [-0.25, -0.2) is 9.67 Å². The first-order valence-electron chi connectivity index (χ1n) is 7.94. The number of unbranched alkanes of at least 4 members (excludes halogenated alkanes) is 1. The number of guanidine groups is 1. The third-order valence-corrected chi connectivity index (χ3v) is 3.29. The molecular weight excluding hydrogens is 401 g/mol. The maximum Gasteiger partial charge on any atom is 0.191 e. The lowest BCUT2D eigenvalue weighted by Crippen LogP contribution is -2.37. The predicted octanol–water partition coefficient (Wildman–Crippen LogP) is 3.35. The fraction of sp³-hybridized carbons (Fsp3) is 0.412. The Morgan fingerprint density at radius 2 is 1.96 bits per heavy atom. The van der Waals surface area contributed by atoms with Crippen LogP contribution in [0.2, 0.25) is 0 Å². The standard InChI is InChI=1S/C17H25N5.HI/c1-3-5-11-19-17(18-4-2)20-14-15-7-9-16(10-8-15)22-13-6-12-21-22;/h6-10,12-13H,3-5,11,14H2,1-2H3,(H2,18,19,20);1H. The first-order chi connectivity index (χ1) is 10.8. The maximum atomic E-state index is 4.62. The molecule has 0 bridgehead atoms. The third-order valence-electron chi connectivity index (χ3n) is 3.29. The van der Waals surface area contributed by atoms with Gasteiger partial charge in [0.05, 0.1) is 12.2 Å². The van der Waals surface area contributed by atoms with Gasteiger partial charge in [-0.15, -0.1) is 24.0 Å². The van der Waals surface area contributed by atoms with Crippen molar-refractivity contribution in [1.29, 1.82) is 0 Å². The quantitative estimate of drug-likeness (QED) is 0.309. The Morgan fingerprint density at radius 1 is 1.17 bits per heavy atom. The zero-order chi connectivity index (χ0) is 15.6. The predicted molar refractivity (Wildman–Crippen MR) is 107 cm³/mol. The second-order valence-corrected chi connectivity index (χ2v) is 5.09. The van der Waals surface area contributed by atoms with Crippen LogP contribution in [0, 0.1) is 0 Å². The first kappa shape index (κ1) is 19.5. The lowest BCUT2D eigenvalue weighted by atomic mass is 10.2. The number of hydrogen-bond acceptors (Lipinski definition) is 2. The Bertz CT molecular complexity index is 563. The SMILES string of the molecule is CCCCNC(=NCc1ccc(-n2cccn2)cc1)NCC.I. The fourth-order valence-electron chi connectivity index (χ4n) is 2.07. The van der Waals surface area contributed by atoms with Gasteiger partial charge in [-0.05, 0) is 37.1 Å². The van der Waals surface area contributed by atoms with E-state index in [1.807, 2.05) is 16.9 Å². The van der Waals surface area contributed by atoms with Crippen LogP contribution in [0.4, 0.5) is 0 Å². The van der Waals surface area contributed by atoms with Crippen molar-refractivity contribution < 1.29 is 0 Å². The molecule has 2 N–H and O–H groups in total. The average Bonchev–Trinajstić information content (AvgIpc) is 3.08. The van der Waals surface area contributed by atoms with Crippen LogP contribution >= 0.6 is 24.0 Å². The molecule has 0 aliphatic carbocycles. The van der Waals surface area contributed by atoms with Gasteiger partial charge < -0.3 is 10.6 Å². The molecule has 0 aliphatic heterocycles. The highest BCUT2D eigenvalue weighted by Gasteiger charge is 1.99. The van der Waals surface area contributed by atoms with Gasteiger partial charge in [0.2, 0.25) is 0 Å². The lowest BCUT2D eigenvalue weighted by Gasteiger charge is -2.10. The molecule has 23 heavy (non-hydrogen) atoms. The minimum Gasteiger partial charge on any atom is -0.357 e. The summed E-state index contributed by atoms with van der Waals surface area (Å²) in [5, 5.41) is 10.8. The average molecular weight is 427 g/mol. The second-order valence-electron chi connectivity index (χ2n) is 5.09. The van der Waals surface area contributed by atoms with Gasteiger partial charge in [0.15, 0.2) is 5.96 Å². The maximum absolute atomic E-state index is 4.62. The smallest absolute Gasteiger partial charge is 0.191 e. The van der Waals surface area contributed by atoms with Crippen molar-refractivity contribution in [3.63, 3.8) is 0 Å². The van der Waals surface area contributed by atoms with Crippen molar-refractivity contribution >= 4 is 29.9 Å². The highest BCUT2D eigenvalue weighted by atomic mass is 127. The number of rotatable bonds is 7. The molecular formula is C17H26IN5. The molecule has 1 aromatic carbocycles. The van der Waals surface area contributed by atoms with E-state index >= 15 is 0 Å². The van der Waals surface area contributed by atoms with Crippen LogP contribution in [0.5, 0.6) is 0 Å².